The van der Waals surface area contributed by atoms with Crippen molar-refractivity contribution < 1.29 is 0 Å². The van der Waals surface area contributed by atoms with Crippen LogP contribution in [-0.2, 0) is 0 Å². The monoisotopic (exact) mass is 699 g/mol. The minimum absolute atomic E-state index is 0.607. The zero-order valence-electron chi connectivity index (χ0n) is 29.5. The van der Waals surface area contributed by atoms with Crippen LogP contribution in [0.5, 0.6) is 0 Å². The maximum Gasteiger partial charge on any atom is 0.0998 e. The van der Waals surface area contributed by atoms with Crippen LogP contribution in [0.3, 0.4) is 0 Å². The van der Waals surface area contributed by atoms with Crippen molar-refractivity contribution in [2.75, 3.05) is 0 Å². The zero-order chi connectivity index (χ0) is 36.6. The molecule has 0 aliphatic rings. The Labute approximate surface area is 316 Å². The number of hydrogen-bond donors (Lipinski definition) is 0. The molecule has 3 heterocycles. The van der Waals surface area contributed by atoms with Crippen LogP contribution in [0, 0.1) is 22.7 Å². The van der Waals surface area contributed by atoms with Crippen molar-refractivity contribution >= 4 is 65.4 Å². The summed E-state index contributed by atoms with van der Waals surface area (Å²) in [6, 6.07) is 65.9. The summed E-state index contributed by atoms with van der Waals surface area (Å²) in [5.74, 6) is 0. The van der Waals surface area contributed by atoms with Gasteiger partial charge in [-0.1, -0.05) is 97.1 Å². The van der Waals surface area contributed by atoms with Gasteiger partial charge >= 0.3 is 0 Å². The van der Waals surface area contributed by atoms with Crippen molar-refractivity contribution in [2.24, 2.45) is 0 Å². The minimum Gasteiger partial charge on any atom is -0.309 e. The molecule has 0 N–H and O–H groups in total. The van der Waals surface area contributed by atoms with E-state index < -0.39 is 0 Å². The van der Waals surface area contributed by atoms with Gasteiger partial charge in [0.15, 0.2) is 0 Å². The predicted octanol–water partition coefficient (Wildman–Crippen LogP) is 12.4. The summed E-state index contributed by atoms with van der Waals surface area (Å²) in [5, 5.41) is 27.1. The number of benzene rings is 8. The molecule has 0 aliphatic carbocycles. The third kappa shape index (κ3) is 4.45. The van der Waals surface area contributed by atoms with Crippen molar-refractivity contribution in [1.29, 1.82) is 10.5 Å². The average Bonchev–Trinajstić information content (AvgIpc) is 3.89. The standard InChI is InChI=1S/C50H29N5/c51-30-32-20-27-47-42(28-32)40-12-3-5-14-43(40)53(47)35-23-21-33(22-24-35)37-26-25-36(29-34(37)31-52)54-46-17-8-4-13-41(46)50-48(54)18-9-19-49(50)55-44-15-6-1-10-38(44)39-11-2-7-16-45(39)55/h1-29H. The van der Waals surface area contributed by atoms with Gasteiger partial charge in [-0.3, -0.25) is 0 Å². The highest BCUT2D eigenvalue weighted by atomic mass is 15.0. The summed E-state index contributed by atoms with van der Waals surface area (Å²) >= 11 is 0. The van der Waals surface area contributed by atoms with Crippen LogP contribution in [-0.4, -0.2) is 13.7 Å². The van der Waals surface area contributed by atoms with Crippen molar-refractivity contribution in [3.63, 3.8) is 0 Å². The van der Waals surface area contributed by atoms with Crippen molar-refractivity contribution in [3.05, 3.63) is 187 Å². The summed E-state index contributed by atoms with van der Waals surface area (Å²) in [6.45, 7) is 0. The highest BCUT2D eigenvalue weighted by molar-refractivity contribution is 6.16. The zero-order valence-corrected chi connectivity index (χ0v) is 29.5. The first-order valence-electron chi connectivity index (χ1n) is 18.3. The molecule has 0 unspecified atom stereocenters. The van der Waals surface area contributed by atoms with Gasteiger partial charge in [0.05, 0.1) is 62.1 Å². The van der Waals surface area contributed by atoms with E-state index in [4.69, 9.17) is 0 Å². The van der Waals surface area contributed by atoms with E-state index in [-0.39, 0.29) is 0 Å². The van der Waals surface area contributed by atoms with Gasteiger partial charge in [0.25, 0.3) is 0 Å². The Morgan fingerprint density at radius 2 is 0.891 bits per heavy atom. The topological polar surface area (TPSA) is 62.4 Å². The van der Waals surface area contributed by atoms with Gasteiger partial charge in [-0.2, -0.15) is 10.5 Å². The molecule has 0 fully saturated rings. The summed E-state index contributed by atoms with van der Waals surface area (Å²) < 4.78 is 6.91. The highest BCUT2D eigenvalue weighted by Crippen LogP contribution is 2.41. The lowest BCUT2D eigenvalue weighted by Gasteiger charge is -2.13. The SMILES string of the molecule is N#Cc1ccc2c(c1)c1ccccc1n2-c1ccc(-c2ccc(-n3c4ccccc4c4c(-n5c6ccccc6c6ccccc65)cccc43)cc2C#N)cc1. The summed E-state index contributed by atoms with van der Waals surface area (Å²) in [7, 11) is 0. The van der Waals surface area contributed by atoms with Crippen molar-refractivity contribution in [3.8, 4) is 40.3 Å². The van der Waals surface area contributed by atoms with E-state index in [0.29, 0.717) is 11.1 Å². The van der Waals surface area contributed by atoms with Gasteiger partial charge < -0.3 is 13.7 Å². The van der Waals surface area contributed by atoms with Crippen LogP contribution in [0.25, 0.3) is 93.6 Å². The van der Waals surface area contributed by atoms with E-state index in [1.807, 2.05) is 36.4 Å². The third-order valence-electron chi connectivity index (χ3n) is 11.1. The second kappa shape index (κ2) is 11.8. The molecule has 0 spiro atoms. The molecule has 0 saturated heterocycles. The average molecular weight is 700 g/mol. The Morgan fingerprint density at radius 3 is 1.55 bits per heavy atom. The highest BCUT2D eigenvalue weighted by Gasteiger charge is 2.20. The largest absolute Gasteiger partial charge is 0.309 e. The van der Waals surface area contributed by atoms with Crippen molar-refractivity contribution in [2.45, 2.75) is 0 Å². The molecule has 11 aromatic rings. The Morgan fingerprint density at radius 1 is 0.364 bits per heavy atom. The second-order valence-corrected chi connectivity index (χ2v) is 14.0. The van der Waals surface area contributed by atoms with Gasteiger partial charge in [0, 0.05) is 43.7 Å². The van der Waals surface area contributed by atoms with Gasteiger partial charge in [0.1, 0.15) is 0 Å². The number of aromatic nitrogens is 3. The maximum absolute atomic E-state index is 10.6. The first-order chi connectivity index (χ1) is 27.2. The van der Waals surface area contributed by atoms with E-state index in [1.165, 1.54) is 21.8 Å². The summed E-state index contributed by atoms with van der Waals surface area (Å²) in [4.78, 5) is 0. The number of fused-ring (bicyclic) bond motifs is 9. The fourth-order valence-corrected chi connectivity index (χ4v) is 8.77. The Bertz CT molecular complexity index is 3400. The number of rotatable bonds is 4. The van der Waals surface area contributed by atoms with Crippen LogP contribution >= 0.6 is 0 Å². The fraction of sp³-hybridized carbons (Fsp3) is 0. The predicted molar refractivity (Wildman–Crippen MR) is 224 cm³/mol. The first-order valence-corrected chi connectivity index (χ1v) is 18.3. The lowest BCUT2D eigenvalue weighted by Crippen LogP contribution is -1.98. The first kappa shape index (κ1) is 30.7. The van der Waals surface area contributed by atoms with E-state index in [2.05, 4.69) is 165 Å². The lowest BCUT2D eigenvalue weighted by atomic mass is 9.99. The minimum atomic E-state index is 0.607. The van der Waals surface area contributed by atoms with Gasteiger partial charge in [-0.25, -0.2) is 0 Å². The van der Waals surface area contributed by atoms with Crippen molar-refractivity contribution in [1.82, 2.24) is 13.7 Å². The molecule has 0 bridgehead atoms. The van der Waals surface area contributed by atoms with Gasteiger partial charge in [-0.05, 0) is 90.0 Å². The van der Waals surface area contributed by atoms with Crippen LogP contribution in [0.4, 0.5) is 0 Å². The number of nitrogens with zero attached hydrogens (tertiary/aromatic N) is 5. The molecule has 5 nitrogen and oxygen atoms in total. The molecular formula is C50H29N5. The van der Waals surface area contributed by atoms with Gasteiger partial charge in [-0.15, -0.1) is 0 Å². The molecule has 0 atom stereocenters. The molecule has 0 amide bonds. The van der Waals surface area contributed by atoms with E-state index >= 15 is 0 Å². The fourth-order valence-electron chi connectivity index (χ4n) is 8.77. The Hall–Kier alpha value is -7.86. The molecule has 0 aliphatic heterocycles. The van der Waals surface area contributed by atoms with E-state index in [0.717, 1.165) is 71.8 Å². The molecule has 0 radical (unpaired) electrons. The van der Waals surface area contributed by atoms with Crippen LogP contribution in [0.1, 0.15) is 11.1 Å². The molecule has 254 valence electrons. The lowest BCUT2D eigenvalue weighted by molar-refractivity contribution is 1.17. The van der Waals surface area contributed by atoms with Crippen LogP contribution < -0.4 is 0 Å². The second-order valence-electron chi connectivity index (χ2n) is 14.0. The smallest absolute Gasteiger partial charge is 0.0998 e. The van der Waals surface area contributed by atoms with Gasteiger partial charge in [0.2, 0.25) is 0 Å². The maximum atomic E-state index is 10.6. The molecule has 11 rings (SSSR count). The molecule has 3 aromatic heterocycles. The Kier molecular flexibility index (Phi) is 6.61. The number of para-hydroxylation sites is 4. The molecule has 8 aromatic carbocycles. The molecular weight excluding hydrogens is 671 g/mol. The number of nitriles is 2. The van der Waals surface area contributed by atoms with Crippen LogP contribution in [0.2, 0.25) is 0 Å². The Balaban J connectivity index is 1.05. The third-order valence-corrected chi connectivity index (χ3v) is 11.1. The molecule has 0 saturated carbocycles. The van der Waals surface area contributed by atoms with E-state index in [9.17, 15) is 10.5 Å². The summed E-state index contributed by atoms with van der Waals surface area (Å²) in [6.07, 6.45) is 0. The van der Waals surface area contributed by atoms with Crippen LogP contribution in [0.15, 0.2) is 176 Å². The normalized spacial score (nSPS) is 11.6. The number of hydrogen-bond acceptors (Lipinski definition) is 2. The quantitative estimate of drug-likeness (QED) is 0.184. The summed E-state index contributed by atoms with van der Waals surface area (Å²) in [5.41, 5.74) is 12.8. The van der Waals surface area contributed by atoms with E-state index in [1.54, 1.807) is 0 Å². The molecule has 55 heavy (non-hydrogen) atoms. The molecule has 5 heteroatoms.